The summed E-state index contributed by atoms with van der Waals surface area (Å²) in [5.74, 6) is 0.223. The highest BCUT2D eigenvalue weighted by Crippen LogP contribution is 2.24. The van der Waals surface area contributed by atoms with Gasteiger partial charge >= 0.3 is 5.97 Å². The van der Waals surface area contributed by atoms with E-state index in [1.807, 2.05) is 18.2 Å². The third kappa shape index (κ3) is 2.67. The highest BCUT2D eigenvalue weighted by molar-refractivity contribution is 7.80. The fourth-order valence-corrected chi connectivity index (χ4v) is 2.27. The number of carbonyl (C=O) groups excluding carboxylic acids is 1. The molecule has 1 fully saturated rings. The molecule has 0 heterocycles. The van der Waals surface area contributed by atoms with Crippen molar-refractivity contribution in [2.75, 3.05) is 0 Å². The third-order valence-corrected chi connectivity index (χ3v) is 3.29. The molecule has 3 heteroatoms. The molecular formula is C13H14O2S. The summed E-state index contributed by atoms with van der Waals surface area (Å²) >= 11 is 5.22. The van der Waals surface area contributed by atoms with Crippen LogP contribution in [0.15, 0.2) is 30.3 Å². The number of carbonyl (C=O) groups is 1. The Morgan fingerprint density at radius 1 is 1.25 bits per heavy atom. The van der Waals surface area contributed by atoms with Gasteiger partial charge in [0.1, 0.15) is 5.75 Å². The topological polar surface area (TPSA) is 26.3 Å². The van der Waals surface area contributed by atoms with Crippen LogP contribution in [-0.4, -0.2) is 10.8 Å². The van der Waals surface area contributed by atoms with Crippen molar-refractivity contribution in [1.29, 1.82) is 0 Å². The molecule has 0 N–H and O–H groups in total. The molecule has 1 aliphatic rings. The molecule has 2 rings (SSSR count). The molecule has 0 aromatic heterocycles. The first-order chi connectivity index (χ1) is 7.77. The van der Waals surface area contributed by atoms with Crippen molar-refractivity contribution in [3.63, 3.8) is 0 Å². The van der Waals surface area contributed by atoms with Crippen LogP contribution in [0, 0.1) is 5.92 Å². The van der Waals surface area contributed by atoms with Crippen LogP contribution >= 0.6 is 12.2 Å². The molecule has 0 bridgehead atoms. The van der Waals surface area contributed by atoms with Gasteiger partial charge in [-0.25, -0.2) is 0 Å². The second-order valence-electron chi connectivity index (χ2n) is 4.00. The van der Waals surface area contributed by atoms with Crippen molar-refractivity contribution in [3.8, 4) is 5.75 Å². The monoisotopic (exact) mass is 234 g/mol. The van der Waals surface area contributed by atoms with Crippen molar-refractivity contribution in [2.24, 2.45) is 5.92 Å². The predicted octanol–water partition coefficient (Wildman–Crippen LogP) is 3.15. The number of hydrogen-bond donors (Lipinski definition) is 0. The molecule has 0 radical (unpaired) electrons. The first-order valence-electron chi connectivity index (χ1n) is 5.57. The van der Waals surface area contributed by atoms with Crippen molar-refractivity contribution >= 4 is 23.1 Å². The zero-order chi connectivity index (χ0) is 11.4. The standard InChI is InChI=1S/C13H14O2S/c14-13(11-8-4-5-9-12(11)16)15-10-6-2-1-3-7-10/h1-3,6-7,11H,4-5,8-9H2. The van der Waals surface area contributed by atoms with E-state index in [4.69, 9.17) is 17.0 Å². The fourth-order valence-electron chi connectivity index (χ4n) is 1.91. The van der Waals surface area contributed by atoms with E-state index in [1.54, 1.807) is 12.1 Å². The Kier molecular flexibility index (Phi) is 3.67. The Morgan fingerprint density at radius 3 is 2.69 bits per heavy atom. The summed E-state index contributed by atoms with van der Waals surface area (Å²) in [5, 5.41) is 0. The summed E-state index contributed by atoms with van der Waals surface area (Å²) < 4.78 is 5.30. The van der Waals surface area contributed by atoms with Gasteiger partial charge in [-0.15, -0.1) is 0 Å². The van der Waals surface area contributed by atoms with Gasteiger partial charge in [0, 0.05) is 4.86 Å². The Balaban J connectivity index is 2.00. The number of ether oxygens (including phenoxy) is 1. The van der Waals surface area contributed by atoms with Crippen molar-refractivity contribution in [3.05, 3.63) is 30.3 Å². The molecule has 1 atom stereocenters. The number of rotatable bonds is 2. The van der Waals surface area contributed by atoms with E-state index >= 15 is 0 Å². The van der Waals surface area contributed by atoms with Crippen LogP contribution in [0.4, 0.5) is 0 Å². The van der Waals surface area contributed by atoms with E-state index in [0.717, 1.165) is 30.5 Å². The summed E-state index contributed by atoms with van der Waals surface area (Å²) in [5.41, 5.74) is 0. The molecule has 1 aromatic carbocycles. The minimum absolute atomic E-state index is 0.177. The Bertz CT molecular complexity index is 386. The molecule has 2 nitrogen and oxygen atoms in total. The quantitative estimate of drug-likeness (QED) is 0.447. The smallest absolute Gasteiger partial charge is 0.319 e. The van der Waals surface area contributed by atoms with Crippen molar-refractivity contribution in [2.45, 2.75) is 25.7 Å². The molecule has 1 unspecified atom stereocenters. The minimum atomic E-state index is -0.198. The predicted molar refractivity (Wildman–Crippen MR) is 66.6 cm³/mol. The number of hydrogen-bond acceptors (Lipinski definition) is 3. The minimum Gasteiger partial charge on any atom is -0.426 e. The van der Waals surface area contributed by atoms with Gasteiger partial charge in [0.2, 0.25) is 0 Å². The summed E-state index contributed by atoms with van der Waals surface area (Å²) in [6, 6.07) is 9.15. The van der Waals surface area contributed by atoms with E-state index in [1.165, 1.54) is 0 Å². The zero-order valence-electron chi connectivity index (χ0n) is 9.02. The van der Waals surface area contributed by atoms with E-state index in [9.17, 15) is 4.79 Å². The normalized spacial score (nSPS) is 20.5. The molecular weight excluding hydrogens is 220 g/mol. The van der Waals surface area contributed by atoms with Crippen molar-refractivity contribution < 1.29 is 9.53 Å². The van der Waals surface area contributed by atoms with E-state index in [2.05, 4.69) is 0 Å². The zero-order valence-corrected chi connectivity index (χ0v) is 9.83. The molecule has 0 spiro atoms. The van der Waals surface area contributed by atoms with Crippen LogP contribution in [-0.2, 0) is 4.79 Å². The summed E-state index contributed by atoms with van der Waals surface area (Å²) in [6.07, 6.45) is 3.89. The van der Waals surface area contributed by atoms with E-state index < -0.39 is 0 Å². The van der Waals surface area contributed by atoms with Gasteiger partial charge in [-0.1, -0.05) is 36.8 Å². The molecule has 16 heavy (non-hydrogen) atoms. The fraction of sp³-hybridized carbons (Fsp3) is 0.385. The van der Waals surface area contributed by atoms with Crippen LogP contribution in [0.2, 0.25) is 0 Å². The molecule has 0 saturated heterocycles. The molecule has 84 valence electrons. The van der Waals surface area contributed by atoms with E-state index in [0.29, 0.717) is 5.75 Å². The summed E-state index contributed by atoms with van der Waals surface area (Å²) in [7, 11) is 0. The first kappa shape index (κ1) is 11.3. The second kappa shape index (κ2) is 5.21. The lowest BCUT2D eigenvalue weighted by Gasteiger charge is -2.21. The van der Waals surface area contributed by atoms with Crippen LogP contribution in [0.5, 0.6) is 5.75 Å². The largest absolute Gasteiger partial charge is 0.426 e. The van der Waals surface area contributed by atoms with E-state index in [-0.39, 0.29) is 11.9 Å². The third-order valence-electron chi connectivity index (χ3n) is 2.80. The van der Waals surface area contributed by atoms with Crippen LogP contribution in [0.1, 0.15) is 25.7 Å². The first-order valence-corrected chi connectivity index (χ1v) is 5.97. The number of thiocarbonyl (C=S) groups is 1. The van der Waals surface area contributed by atoms with Gasteiger partial charge in [-0.3, -0.25) is 4.79 Å². The Morgan fingerprint density at radius 2 is 2.00 bits per heavy atom. The molecule has 0 amide bonds. The molecule has 0 aliphatic heterocycles. The van der Waals surface area contributed by atoms with Gasteiger partial charge in [0.25, 0.3) is 0 Å². The maximum absolute atomic E-state index is 11.9. The van der Waals surface area contributed by atoms with Gasteiger partial charge < -0.3 is 4.74 Å². The number of benzene rings is 1. The lowest BCUT2D eigenvalue weighted by molar-refractivity contribution is -0.137. The lowest BCUT2D eigenvalue weighted by atomic mass is 9.89. The Hall–Kier alpha value is -1.22. The highest BCUT2D eigenvalue weighted by atomic mass is 32.1. The molecule has 1 aliphatic carbocycles. The van der Waals surface area contributed by atoms with Gasteiger partial charge in [-0.05, 0) is 31.4 Å². The van der Waals surface area contributed by atoms with Gasteiger partial charge in [-0.2, -0.15) is 0 Å². The molecule has 1 aromatic rings. The summed E-state index contributed by atoms with van der Waals surface area (Å²) in [6.45, 7) is 0. The average molecular weight is 234 g/mol. The Labute approximate surface area is 101 Å². The molecule has 1 saturated carbocycles. The van der Waals surface area contributed by atoms with Crippen molar-refractivity contribution in [1.82, 2.24) is 0 Å². The second-order valence-corrected chi connectivity index (χ2v) is 4.52. The van der Waals surface area contributed by atoms with Crippen LogP contribution < -0.4 is 4.74 Å². The number of esters is 1. The lowest BCUT2D eigenvalue weighted by Crippen LogP contribution is -2.29. The number of para-hydroxylation sites is 1. The maximum Gasteiger partial charge on any atom is 0.319 e. The van der Waals surface area contributed by atoms with Gasteiger partial charge in [0.05, 0.1) is 5.92 Å². The van der Waals surface area contributed by atoms with Crippen LogP contribution in [0.25, 0.3) is 0 Å². The van der Waals surface area contributed by atoms with Gasteiger partial charge in [0.15, 0.2) is 0 Å². The average Bonchev–Trinajstić information content (AvgIpc) is 2.31. The SMILES string of the molecule is O=C(Oc1ccccc1)C1CCCCC1=S. The van der Waals surface area contributed by atoms with Crippen LogP contribution in [0.3, 0.4) is 0 Å². The maximum atomic E-state index is 11.9. The summed E-state index contributed by atoms with van der Waals surface area (Å²) in [4.78, 5) is 12.7. The highest BCUT2D eigenvalue weighted by Gasteiger charge is 2.27.